The van der Waals surface area contributed by atoms with E-state index in [-0.39, 0.29) is 24.8 Å². The van der Waals surface area contributed by atoms with Crippen LogP contribution in [0.25, 0.3) is 16.1 Å². The van der Waals surface area contributed by atoms with Gasteiger partial charge in [0.25, 0.3) is 5.56 Å². The van der Waals surface area contributed by atoms with Crippen LogP contribution in [0.1, 0.15) is 5.56 Å². The third-order valence-electron chi connectivity index (χ3n) is 4.48. The van der Waals surface area contributed by atoms with Crippen LogP contribution in [0.15, 0.2) is 52.9 Å². The third-order valence-corrected chi connectivity index (χ3v) is 5.38. The molecule has 3 aromatic heterocycles. The smallest absolute Gasteiger partial charge is 0.293 e. The summed E-state index contributed by atoms with van der Waals surface area (Å²) in [4.78, 5) is 26.0. The van der Waals surface area contributed by atoms with E-state index in [1.165, 1.54) is 22.2 Å². The average molecular weight is 409 g/mol. The van der Waals surface area contributed by atoms with Gasteiger partial charge < -0.3 is 14.8 Å². The summed E-state index contributed by atoms with van der Waals surface area (Å²) in [5, 5.41) is 13.2. The molecule has 0 spiro atoms. The van der Waals surface area contributed by atoms with Crippen molar-refractivity contribution in [1.82, 2.24) is 24.7 Å². The fourth-order valence-electron chi connectivity index (χ4n) is 3.04. The molecule has 5 rings (SSSR count). The standard InChI is InChI=1S/C19H15N5O4S/c25-18(20-8-12-3-4-15-16(6-12)28-11-27-15)9-23-19(26)14-7-13(17-2-1-5-29-17)22-24(14)10-21-23/h1-7,10H,8-9,11H2,(H,20,25). The highest BCUT2D eigenvalue weighted by Gasteiger charge is 2.15. The van der Waals surface area contributed by atoms with Crippen LogP contribution in [-0.2, 0) is 17.9 Å². The van der Waals surface area contributed by atoms with Gasteiger partial charge in [0.05, 0.1) is 4.88 Å². The Kier molecular flexibility index (Phi) is 4.24. The van der Waals surface area contributed by atoms with Gasteiger partial charge in [-0.2, -0.15) is 10.2 Å². The summed E-state index contributed by atoms with van der Waals surface area (Å²) in [6, 6.07) is 11.0. The summed E-state index contributed by atoms with van der Waals surface area (Å²) >= 11 is 1.54. The Balaban J connectivity index is 1.30. The molecule has 0 aliphatic carbocycles. The topological polar surface area (TPSA) is 99.8 Å². The Labute approximate surface area is 168 Å². The van der Waals surface area contributed by atoms with Crippen molar-refractivity contribution in [1.29, 1.82) is 0 Å². The van der Waals surface area contributed by atoms with E-state index >= 15 is 0 Å². The lowest BCUT2D eigenvalue weighted by Gasteiger charge is -2.07. The van der Waals surface area contributed by atoms with Crippen molar-refractivity contribution in [2.45, 2.75) is 13.1 Å². The Hall–Kier alpha value is -3.66. The lowest BCUT2D eigenvalue weighted by atomic mass is 10.2. The fraction of sp³-hybridized carbons (Fsp3) is 0.158. The van der Waals surface area contributed by atoms with Gasteiger partial charge in [0.2, 0.25) is 12.7 Å². The first-order valence-electron chi connectivity index (χ1n) is 8.82. The number of amides is 1. The summed E-state index contributed by atoms with van der Waals surface area (Å²) < 4.78 is 13.2. The van der Waals surface area contributed by atoms with Crippen molar-refractivity contribution < 1.29 is 14.3 Å². The molecular weight excluding hydrogens is 394 g/mol. The first kappa shape index (κ1) is 17.4. The molecule has 1 aliphatic heterocycles. The van der Waals surface area contributed by atoms with Gasteiger partial charge in [0.15, 0.2) is 11.5 Å². The van der Waals surface area contributed by atoms with Crippen LogP contribution in [0, 0.1) is 0 Å². The Morgan fingerprint density at radius 2 is 2.10 bits per heavy atom. The van der Waals surface area contributed by atoms with Crippen molar-refractivity contribution in [2.24, 2.45) is 0 Å². The lowest BCUT2D eigenvalue weighted by Crippen LogP contribution is -2.34. The zero-order chi connectivity index (χ0) is 19.8. The molecular formula is C19H15N5O4S. The highest BCUT2D eigenvalue weighted by Crippen LogP contribution is 2.32. The highest BCUT2D eigenvalue weighted by molar-refractivity contribution is 7.13. The summed E-state index contributed by atoms with van der Waals surface area (Å²) in [5.41, 5.74) is 1.56. The molecule has 0 radical (unpaired) electrons. The number of carbonyl (C=O) groups is 1. The largest absolute Gasteiger partial charge is 0.454 e. The molecule has 1 aliphatic rings. The van der Waals surface area contributed by atoms with Crippen LogP contribution in [-0.4, -0.2) is 32.1 Å². The molecule has 29 heavy (non-hydrogen) atoms. The molecule has 0 bridgehead atoms. The molecule has 9 nitrogen and oxygen atoms in total. The second kappa shape index (κ2) is 7.06. The first-order chi connectivity index (χ1) is 14.2. The maximum Gasteiger partial charge on any atom is 0.293 e. The van der Waals surface area contributed by atoms with Crippen molar-refractivity contribution in [2.75, 3.05) is 6.79 Å². The Morgan fingerprint density at radius 3 is 2.97 bits per heavy atom. The number of nitrogens with one attached hydrogen (secondary N) is 1. The van der Waals surface area contributed by atoms with Gasteiger partial charge >= 0.3 is 0 Å². The summed E-state index contributed by atoms with van der Waals surface area (Å²) in [7, 11) is 0. The van der Waals surface area contributed by atoms with Gasteiger partial charge in [-0.3, -0.25) is 9.59 Å². The number of nitrogens with zero attached hydrogens (tertiary/aromatic N) is 4. The average Bonchev–Trinajstić information content (AvgIpc) is 3.47. The second-order valence-corrected chi connectivity index (χ2v) is 7.34. The molecule has 0 saturated carbocycles. The molecule has 146 valence electrons. The van der Waals surface area contributed by atoms with E-state index < -0.39 is 0 Å². The van der Waals surface area contributed by atoms with Gasteiger partial charge in [-0.25, -0.2) is 9.20 Å². The van der Waals surface area contributed by atoms with E-state index in [1.54, 1.807) is 12.1 Å². The van der Waals surface area contributed by atoms with Crippen LogP contribution >= 0.6 is 11.3 Å². The monoisotopic (exact) mass is 409 g/mol. The summed E-state index contributed by atoms with van der Waals surface area (Å²) in [6.07, 6.45) is 1.43. The fourth-order valence-corrected chi connectivity index (χ4v) is 3.72. The number of hydrogen-bond acceptors (Lipinski definition) is 7. The molecule has 1 N–H and O–H groups in total. The highest BCUT2D eigenvalue weighted by atomic mass is 32.1. The summed E-state index contributed by atoms with van der Waals surface area (Å²) in [6.45, 7) is 0.325. The number of thiophene rings is 1. The van der Waals surface area contributed by atoms with Crippen molar-refractivity contribution in [3.8, 4) is 22.1 Å². The van der Waals surface area contributed by atoms with Gasteiger partial charge in [-0.05, 0) is 35.2 Å². The zero-order valence-corrected chi connectivity index (χ0v) is 15.9. The molecule has 4 aromatic rings. The number of hydrogen-bond donors (Lipinski definition) is 1. The minimum atomic E-state index is -0.374. The quantitative estimate of drug-likeness (QED) is 0.538. The molecule has 4 heterocycles. The molecule has 10 heteroatoms. The van der Waals surface area contributed by atoms with E-state index in [4.69, 9.17) is 9.47 Å². The van der Waals surface area contributed by atoms with Gasteiger partial charge in [0, 0.05) is 6.54 Å². The lowest BCUT2D eigenvalue weighted by molar-refractivity contribution is -0.122. The number of carbonyl (C=O) groups excluding carboxylic acids is 1. The second-order valence-electron chi connectivity index (χ2n) is 6.39. The van der Waals surface area contributed by atoms with E-state index in [2.05, 4.69) is 15.5 Å². The van der Waals surface area contributed by atoms with Crippen LogP contribution in [0.4, 0.5) is 0 Å². The van der Waals surface area contributed by atoms with E-state index in [1.807, 2.05) is 29.6 Å². The van der Waals surface area contributed by atoms with Crippen LogP contribution in [0.5, 0.6) is 11.5 Å². The van der Waals surface area contributed by atoms with Gasteiger partial charge in [-0.15, -0.1) is 11.3 Å². The van der Waals surface area contributed by atoms with E-state index in [0.717, 1.165) is 15.1 Å². The number of aromatic nitrogens is 4. The van der Waals surface area contributed by atoms with Crippen LogP contribution in [0.2, 0.25) is 0 Å². The van der Waals surface area contributed by atoms with Crippen LogP contribution in [0.3, 0.4) is 0 Å². The van der Waals surface area contributed by atoms with E-state index in [9.17, 15) is 9.59 Å². The number of ether oxygens (including phenoxy) is 2. The molecule has 0 atom stereocenters. The third kappa shape index (κ3) is 3.34. The van der Waals surface area contributed by atoms with Gasteiger partial charge in [0.1, 0.15) is 24.1 Å². The van der Waals surface area contributed by atoms with Crippen molar-refractivity contribution >= 4 is 22.8 Å². The number of benzene rings is 1. The molecule has 0 unspecified atom stereocenters. The Morgan fingerprint density at radius 1 is 1.21 bits per heavy atom. The van der Waals surface area contributed by atoms with E-state index in [0.29, 0.717) is 29.3 Å². The number of rotatable bonds is 5. The normalized spacial score (nSPS) is 12.4. The Bertz CT molecular complexity index is 1260. The van der Waals surface area contributed by atoms with Crippen molar-refractivity contribution in [3.63, 3.8) is 0 Å². The molecule has 0 fully saturated rings. The number of fused-ring (bicyclic) bond motifs is 2. The molecule has 1 amide bonds. The predicted molar refractivity (Wildman–Crippen MR) is 105 cm³/mol. The molecule has 0 saturated heterocycles. The predicted octanol–water partition coefficient (Wildman–Crippen LogP) is 1.66. The minimum absolute atomic E-state index is 0.181. The maximum absolute atomic E-state index is 12.7. The SMILES string of the molecule is O=C(Cn1ncn2nc(-c3cccs3)cc2c1=O)NCc1ccc2c(c1)OCO2. The molecule has 1 aromatic carbocycles. The van der Waals surface area contributed by atoms with Gasteiger partial charge in [-0.1, -0.05) is 12.1 Å². The minimum Gasteiger partial charge on any atom is -0.454 e. The van der Waals surface area contributed by atoms with Crippen molar-refractivity contribution in [3.05, 3.63) is 64.0 Å². The maximum atomic E-state index is 12.7. The summed E-state index contributed by atoms with van der Waals surface area (Å²) in [5.74, 6) is 1.02. The first-order valence-corrected chi connectivity index (χ1v) is 9.70. The zero-order valence-electron chi connectivity index (χ0n) is 15.1. The van der Waals surface area contributed by atoms with Crippen LogP contribution < -0.4 is 20.3 Å².